The highest BCUT2D eigenvalue weighted by atomic mass is 32.2. The minimum atomic E-state index is -0.928. The van der Waals surface area contributed by atoms with Gasteiger partial charge in [-0.3, -0.25) is 33.9 Å². The zero-order valence-corrected chi connectivity index (χ0v) is 23.9. The molecule has 1 saturated heterocycles. The molecule has 1 aromatic heterocycles. The van der Waals surface area contributed by atoms with Gasteiger partial charge in [0.25, 0.3) is 5.69 Å². The smallest absolute Gasteiger partial charge is 0.308 e. The van der Waals surface area contributed by atoms with E-state index in [9.17, 15) is 33.7 Å². The minimum Gasteiger partial charge on any atom is -0.497 e. The number of rotatable bonds is 7. The number of carbonyl (C=O) groups is 3. The molecule has 14 heteroatoms. The van der Waals surface area contributed by atoms with Crippen molar-refractivity contribution in [2.45, 2.75) is 22.7 Å². The number of amides is 3. The van der Waals surface area contributed by atoms with E-state index in [-0.39, 0.29) is 17.9 Å². The van der Waals surface area contributed by atoms with Gasteiger partial charge in [-0.2, -0.15) is 0 Å². The van der Waals surface area contributed by atoms with Crippen molar-refractivity contribution in [2.24, 2.45) is 5.92 Å². The molecule has 3 atom stereocenters. The fraction of sp³-hybridized carbons (Fsp3) is 0.172. The molecule has 3 amide bonds. The molecule has 6 rings (SSSR count). The molecule has 0 spiro atoms. The second-order valence-electron chi connectivity index (χ2n) is 9.78. The summed E-state index contributed by atoms with van der Waals surface area (Å²) in [5.74, 6) is -3.01. The highest BCUT2D eigenvalue weighted by Crippen LogP contribution is 2.54. The topological polar surface area (TPSA) is 141 Å². The number of benzene rings is 3. The summed E-state index contributed by atoms with van der Waals surface area (Å²) in [6, 6.07) is 17.3. The van der Waals surface area contributed by atoms with E-state index in [1.165, 1.54) is 60.2 Å². The van der Waals surface area contributed by atoms with Gasteiger partial charge in [0.2, 0.25) is 17.7 Å². The lowest BCUT2D eigenvalue weighted by atomic mass is 9.83. The second-order valence-corrected chi connectivity index (χ2v) is 11.9. The van der Waals surface area contributed by atoms with Crippen molar-refractivity contribution in [2.75, 3.05) is 17.3 Å². The monoisotopic (exact) mass is 620 g/mol. The molecule has 3 heterocycles. The van der Waals surface area contributed by atoms with E-state index in [0.717, 1.165) is 28.0 Å². The molecule has 1 N–H and O–H groups in total. The highest BCUT2D eigenvalue weighted by molar-refractivity contribution is 8.00. The van der Waals surface area contributed by atoms with Gasteiger partial charge in [-0.15, -0.1) is 0 Å². The summed E-state index contributed by atoms with van der Waals surface area (Å²) in [4.78, 5) is 65.6. The first kappa shape index (κ1) is 28.3. The van der Waals surface area contributed by atoms with Gasteiger partial charge in [-0.25, -0.2) is 9.29 Å². The fourth-order valence-corrected chi connectivity index (χ4v) is 8.05. The first-order valence-electron chi connectivity index (χ1n) is 12.9. The molecule has 4 aromatic rings. The number of nitrogens with one attached hydrogen (secondary N) is 1. The summed E-state index contributed by atoms with van der Waals surface area (Å²) < 4.78 is 19.8. The Hall–Kier alpha value is -4.82. The summed E-state index contributed by atoms with van der Waals surface area (Å²) in [5.41, 5.74) is 1.04. The second kappa shape index (κ2) is 11.1. The van der Waals surface area contributed by atoms with Gasteiger partial charge >= 0.3 is 4.87 Å². The molecular weight excluding hydrogens is 599 g/mol. The third-order valence-electron chi connectivity index (χ3n) is 7.27. The highest BCUT2D eigenvalue weighted by Gasteiger charge is 2.56. The Balaban J connectivity index is 1.39. The molecule has 2 unspecified atom stereocenters. The number of nitro groups is 1. The molecular formula is C29H21FN4O7S2. The lowest BCUT2D eigenvalue weighted by Gasteiger charge is -2.30. The molecule has 11 nitrogen and oxygen atoms in total. The maximum Gasteiger partial charge on any atom is 0.308 e. The number of anilines is 2. The van der Waals surface area contributed by atoms with Crippen LogP contribution >= 0.6 is 23.1 Å². The van der Waals surface area contributed by atoms with Crippen LogP contribution in [-0.4, -0.2) is 39.6 Å². The predicted molar refractivity (Wildman–Crippen MR) is 157 cm³/mol. The Labute approximate surface area is 251 Å². The number of fused-ring (bicyclic) bond motifs is 2. The van der Waals surface area contributed by atoms with Gasteiger partial charge in [0, 0.05) is 28.6 Å². The Morgan fingerprint density at radius 3 is 2.30 bits per heavy atom. The SMILES string of the molecule is COc1ccc([C@H]2c3sc(=O)n(CC(=O)Nc4ccc(F)cc4)c3SC3C(=O)N(c4ccc([N+](=O)[O-])cc4)C(=O)C32)cc1. The fourth-order valence-electron chi connectivity index (χ4n) is 5.28. The normalized spacial score (nSPS) is 19.1. The Morgan fingerprint density at radius 2 is 1.67 bits per heavy atom. The number of ether oxygens (including phenoxy) is 1. The van der Waals surface area contributed by atoms with Crippen molar-refractivity contribution in [3.05, 3.63) is 109 Å². The number of methoxy groups -OCH3 is 1. The molecule has 0 aliphatic carbocycles. The largest absolute Gasteiger partial charge is 0.497 e. The lowest BCUT2D eigenvalue weighted by Crippen LogP contribution is -2.33. The van der Waals surface area contributed by atoms with Crippen molar-refractivity contribution in [1.29, 1.82) is 0 Å². The van der Waals surface area contributed by atoms with E-state index < -0.39 is 50.4 Å². The number of imide groups is 1. The quantitative estimate of drug-likeness (QED) is 0.182. The number of thioether (sulfide) groups is 1. The molecule has 0 saturated carbocycles. The van der Waals surface area contributed by atoms with Crippen LogP contribution in [0.1, 0.15) is 16.4 Å². The van der Waals surface area contributed by atoms with E-state index in [1.807, 2.05) is 0 Å². The number of hydrogen-bond donors (Lipinski definition) is 1. The lowest BCUT2D eigenvalue weighted by molar-refractivity contribution is -0.384. The van der Waals surface area contributed by atoms with Crippen LogP contribution in [0.25, 0.3) is 0 Å². The van der Waals surface area contributed by atoms with Crippen molar-refractivity contribution in [3.8, 4) is 5.75 Å². The summed E-state index contributed by atoms with van der Waals surface area (Å²) >= 11 is 1.95. The van der Waals surface area contributed by atoms with Gasteiger partial charge in [0.1, 0.15) is 23.4 Å². The van der Waals surface area contributed by atoms with Crippen molar-refractivity contribution < 1.29 is 28.4 Å². The van der Waals surface area contributed by atoms with E-state index in [2.05, 4.69) is 5.32 Å². The molecule has 1 fully saturated rings. The third kappa shape index (κ3) is 5.08. The summed E-state index contributed by atoms with van der Waals surface area (Å²) in [6.45, 7) is -0.365. The minimum absolute atomic E-state index is 0.184. The Bertz CT molecular complexity index is 1820. The van der Waals surface area contributed by atoms with Crippen LogP contribution in [0.3, 0.4) is 0 Å². The van der Waals surface area contributed by atoms with Crippen molar-refractivity contribution in [1.82, 2.24) is 4.57 Å². The maximum atomic E-state index is 13.9. The van der Waals surface area contributed by atoms with Crippen molar-refractivity contribution in [3.63, 3.8) is 0 Å². The molecule has 0 bridgehead atoms. The van der Waals surface area contributed by atoms with E-state index in [4.69, 9.17) is 4.74 Å². The van der Waals surface area contributed by atoms with Crippen LogP contribution in [0, 0.1) is 21.8 Å². The molecule has 2 aliphatic heterocycles. The van der Waals surface area contributed by atoms with Crippen molar-refractivity contribution >= 4 is 57.9 Å². The summed E-state index contributed by atoms with van der Waals surface area (Å²) in [6.07, 6.45) is 0. The predicted octanol–water partition coefficient (Wildman–Crippen LogP) is 4.40. The summed E-state index contributed by atoms with van der Waals surface area (Å²) in [7, 11) is 1.52. The maximum absolute atomic E-state index is 13.9. The number of carbonyl (C=O) groups excluding carboxylic acids is 3. The Kier molecular flexibility index (Phi) is 7.31. The van der Waals surface area contributed by atoms with Crippen LogP contribution in [0.15, 0.2) is 82.6 Å². The van der Waals surface area contributed by atoms with Crippen LogP contribution in [0.4, 0.5) is 21.5 Å². The average Bonchev–Trinajstić information content (AvgIpc) is 3.44. The molecule has 218 valence electrons. The molecule has 3 aromatic carbocycles. The first-order valence-corrected chi connectivity index (χ1v) is 14.6. The van der Waals surface area contributed by atoms with E-state index in [0.29, 0.717) is 26.9 Å². The van der Waals surface area contributed by atoms with Crippen LogP contribution in [-0.2, 0) is 20.9 Å². The standard InChI is InChI=1S/C29H21FN4O7S2/c1-41-20-12-2-15(3-13-20)22-23-24(27(37)33(26(23)36)18-8-10-19(11-9-18)34(39)40)42-28-25(22)43-29(38)32(28)14-21(35)31-17-6-4-16(30)5-7-17/h2-13,22-24H,14H2,1H3,(H,31,35)/t22-,23?,24?/m1/s1. The van der Waals surface area contributed by atoms with E-state index in [1.54, 1.807) is 24.3 Å². The number of thiazole rings is 1. The first-order chi connectivity index (χ1) is 20.7. The molecule has 43 heavy (non-hydrogen) atoms. The molecule has 2 aliphatic rings. The number of hydrogen-bond acceptors (Lipinski definition) is 9. The number of nitrogens with zero attached hydrogens (tertiary/aromatic N) is 3. The number of nitro benzene ring substituents is 1. The zero-order chi connectivity index (χ0) is 30.4. The van der Waals surface area contributed by atoms with Crippen LogP contribution in [0.2, 0.25) is 0 Å². The van der Waals surface area contributed by atoms with Crippen LogP contribution < -0.4 is 19.8 Å². The zero-order valence-electron chi connectivity index (χ0n) is 22.3. The molecule has 0 radical (unpaired) electrons. The van der Waals surface area contributed by atoms with Gasteiger partial charge in [0.15, 0.2) is 0 Å². The third-order valence-corrected chi connectivity index (χ3v) is 9.88. The number of non-ortho nitro benzene ring substituents is 1. The number of halogens is 1. The van der Waals surface area contributed by atoms with Gasteiger partial charge < -0.3 is 10.1 Å². The van der Waals surface area contributed by atoms with Gasteiger partial charge in [-0.1, -0.05) is 35.2 Å². The van der Waals surface area contributed by atoms with E-state index >= 15 is 0 Å². The number of aromatic nitrogens is 1. The van der Waals surface area contributed by atoms with Gasteiger partial charge in [-0.05, 0) is 54.1 Å². The van der Waals surface area contributed by atoms with Gasteiger partial charge in [0.05, 0.1) is 28.7 Å². The average molecular weight is 621 g/mol. The van der Waals surface area contributed by atoms with Crippen LogP contribution in [0.5, 0.6) is 5.75 Å². The Morgan fingerprint density at radius 1 is 1.00 bits per heavy atom. The summed E-state index contributed by atoms with van der Waals surface area (Å²) in [5, 5.41) is 13.2.